The minimum absolute atomic E-state index is 0.0665. The van der Waals surface area contributed by atoms with Gasteiger partial charge < -0.3 is 14.4 Å². The molecule has 1 aromatic heterocycles. The Bertz CT molecular complexity index is 576. The van der Waals surface area contributed by atoms with Crippen LogP contribution in [0.4, 0.5) is 0 Å². The number of hydrogen-bond acceptors (Lipinski definition) is 3. The van der Waals surface area contributed by atoms with E-state index in [-0.39, 0.29) is 11.5 Å². The van der Waals surface area contributed by atoms with Crippen LogP contribution in [0.2, 0.25) is 0 Å². The predicted molar refractivity (Wildman–Crippen MR) is 92.5 cm³/mol. The van der Waals surface area contributed by atoms with Gasteiger partial charge in [-0.15, -0.1) is 0 Å². The molecule has 0 spiro atoms. The largest absolute Gasteiger partial charge is 0.506 e. The molecule has 1 saturated heterocycles. The van der Waals surface area contributed by atoms with E-state index in [4.69, 9.17) is 4.74 Å². The van der Waals surface area contributed by atoms with E-state index in [1.807, 2.05) is 19.2 Å². The minimum atomic E-state index is -0.425. The number of esters is 1. The zero-order chi connectivity index (χ0) is 16.8. The molecule has 1 atom stereocenters. The summed E-state index contributed by atoms with van der Waals surface area (Å²) in [7, 11) is 0. The number of likely N-dealkylation sites (tertiary alicyclic amines) is 1. The highest BCUT2D eigenvalue weighted by Crippen LogP contribution is 2.18. The number of carbonyl (C=O) groups excluding carboxylic acids is 1. The van der Waals surface area contributed by atoms with Gasteiger partial charge in [0, 0.05) is 18.8 Å². The average molecular weight is 321 g/mol. The Morgan fingerprint density at radius 2 is 2.09 bits per heavy atom. The Balaban J connectivity index is 2.18. The Hall–Kier alpha value is -1.62. The topological polar surface area (TPSA) is 55.9 Å². The molecule has 0 saturated carbocycles. The van der Waals surface area contributed by atoms with Gasteiger partial charge in [0.2, 0.25) is 0 Å². The third-order valence-electron chi connectivity index (χ3n) is 4.27. The SMILES string of the molecule is CCOC(=[OH+])C(CC(C)C)n1cc(CCN2CCC2)ccc1=O. The lowest BCUT2D eigenvalue weighted by Gasteiger charge is -2.30. The minimum Gasteiger partial charge on any atom is -0.337 e. The molecule has 1 N–H and O–H groups in total. The Morgan fingerprint density at radius 3 is 2.65 bits per heavy atom. The highest BCUT2D eigenvalue weighted by molar-refractivity contribution is 5.75. The van der Waals surface area contributed by atoms with E-state index in [2.05, 4.69) is 18.7 Å². The smallest absolute Gasteiger partial charge is 0.337 e. The van der Waals surface area contributed by atoms with Crippen molar-refractivity contribution in [1.29, 1.82) is 0 Å². The van der Waals surface area contributed by atoms with Crippen molar-refractivity contribution in [2.75, 3.05) is 26.2 Å². The third kappa shape index (κ3) is 4.93. The van der Waals surface area contributed by atoms with Crippen molar-refractivity contribution in [3.63, 3.8) is 0 Å². The third-order valence-corrected chi connectivity index (χ3v) is 4.27. The number of nitrogens with zero attached hydrogens (tertiary/aromatic N) is 2. The van der Waals surface area contributed by atoms with Gasteiger partial charge >= 0.3 is 5.97 Å². The van der Waals surface area contributed by atoms with Crippen LogP contribution in [0.25, 0.3) is 0 Å². The van der Waals surface area contributed by atoms with Gasteiger partial charge in [0.1, 0.15) is 0 Å². The maximum absolute atomic E-state index is 12.3. The quantitative estimate of drug-likeness (QED) is 0.545. The van der Waals surface area contributed by atoms with Crippen LogP contribution < -0.4 is 5.56 Å². The first kappa shape index (κ1) is 17.7. The van der Waals surface area contributed by atoms with E-state index in [0.717, 1.165) is 18.5 Å². The van der Waals surface area contributed by atoms with E-state index in [1.54, 1.807) is 10.6 Å². The van der Waals surface area contributed by atoms with Gasteiger partial charge in [-0.05, 0) is 50.8 Å². The second-order valence-electron chi connectivity index (χ2n) is 6.64. The highest BCUT2D eigenvalue weighted by Gasteiger charge is 2.30. The van der Waals surface area contributed by atoms with Crippen molar-refractivity contribution in [2.24, 2.45) is 5.92 Å². The molecule has 0 amide bonds. The molecule has 5 nitrogen and oxygen atoms in total. The summed E-state index contributed by atoms with van der Waals surface area (Å²) in [6, 6.07) is 3.06. The van der Waals surface area contributed by atoms with Crippen molar-refractivity contribution in [3.8, 4) is 0 Å². The molecule has 1 aromatic rings. The Morgan fingerprint density at radius 1 is 1.35 bits per heavy atom. The fraction of sp³-hybridized carbons (Fsp3) is 0.667. The lowest BCUT2D eigenvalue weighted by molar-refractivity contribution is 0.184. The molecule has 128 valence electrons. The van der Waals surface area contributed by atoms with Crippen molar-refractivity contribution >= 4 is 5.97 Å². The maximum atomic E-state index is 12.3. The lowest BCUT2D eigenvalue weighted by Crippen LogP contribution is -2.38. The predicted octanol–water partition coefficient (Wildman–Crippen LogP) is 2.22. The van der Waals surface area contributed by atoms with E-state index >= 15 is 0 Å². The van der Waals surface area contributed by atoms with Crippen LogP contribution in [0.15, 0.2) is 23.1 Å². The monoisotopic (exact) mass is 321 g/mol. The number of ether oxygens (including phenoxy) is 1. The van der Waals surface area contributed by atoms with Gasteiger partial charge in [0.25, 0.3) is 5.56 Å². The summed E-state index contributed by atoms with van der Waals surface area (Å²) in [5.74, 6) is 0.280. The molecule has 0 aliphatic carbocycles. The molecule has 5 heteroatoms. The zero-order valence-corrected chi connectivity index (χ0v) is 14.5. The number of hydrogen-bond donors (Lipinski definition) is 0. The van der Waals surface area contributed by atoms with Crippen LogP contribution in [-0.4, -0.2) is 46.5 Å². The normalized spacial score (nSPS) is 16.2. The fourth-order valence-corrected chi connectivity index (χ4v) is 2.86. The summed E-state index contributed by atoms with van der Waals surface area (Å²) < 4.78 is 6.90. The van der Waals surface area contributed by atoms with Gasteiger partial charge in [-0.2, -0.15) is 0 Å². The van der Waals surface area contributed by atoms with Crippen LogP contribution in [0.3, 0.4) is 0 Å². The molecule has 1 aliphatic heterocycles. The highest BCUT2D eigenvalue weighted by atomic mass is 16.5. The van der Waals surface area contributed by atoms with Crippen LogP contribution in [-0.2, 0) is 11.2 Å². The van der Waals surface area contributed by atoms with E-state index < -0.39 is 6.04 Å². The number of rotatable bonds is 8. The van der Waals surface area contributed by atoms with Gasteiger partial charge in [-0.3, -0.25) is 9.36 Å². The summed E-state index contributed by atoms with van der Waals surface area (Å²) in [5.41, 5.74) is 1.02. The molecule has 2 rings (SSSR count). The molecule has 1 aliphatic rings. The molecule has 2 heterocycles. The average Bonchev–Trinajstić information content (AvgIpc) is 2.45. The van der Waals surface area contributed by atoms with E-state index in [0.29, 0.717) is 18.9 Å². The number of pyridine rings is 1. The van der Waals surface area contributed by atoms with Crippen molar-refractivity contribution in [3.05, 3.63) is 34.2 Å². The van der Waals surface area contributed by atoms with E-state index in [9.17, 15) is 9.59 Å². The second-order valence-corrected chi connectivity index (χ2v) is 6.64. The van der Waals surface area contributed by atoms with Crippen LogP contribution in [0.5, 0.6) is 0 Å². The summed E-state index contributed by atoms with van der Waals surface area (Å²) in [6.07, 6.45) is 4.75. The van der Waals surface area contributed by atoms with E-state index in [1.165, 1.54) is 19.5 Å². The first-order valence-corrected chi connectivity index (χ1v) is 8.63. The summed E-state index contributed by atoms with van der Waals surface area (Å²) in [5, 5.41) is 0. The lowest BCUT2D eigenvalue weighted by atomic mass is 10.0. The zero-order valence-electron chi connectivity index (χ0n) is 14.5. The molecule has 0 radical (unpaired) electrons. The van der Waals surface area contributed by atoms with Crippen LogP contribution in [0.1, 0.15) is 45.2 Å². The molecule has 0 bridgehead atoms. The first-order chi connectivity index (χ1) is 11.0. The fourth-order valence-electron chi connectivity index (χ4n) is 2.86. The van der Waals surface area contributed by atoms with Gasteiger partial charge in [-0.1, -0.05) is 19.9 Å². The Labute approximate surface area is 138 Å². The van der Waals surface area contributed by atoms with Gasteiger partial charge in [0.05, 0.1) is 0 Å². The van der Waals surface area contributed by atoms with Gasteiger partial charge in [0.15, 0.2) is 12.6 Å². The van der Waals surface area contributed by atoms with Gasteiger partial charge in [-0.25, -0.2) is 0 Å². The Kier molecular flexibility index (Phi) is 6.39. The van der Waals surface area contributed by atoms with Crippen molar-refractivity contribution in [2.45, 2.75) is 46.1 Å². The molecular weight excluding hydrogens is 292 g/mol. The molecule has 1 unspecified atom stereocenters. The van der Waals surface area contributed by atoms with Crippen LogP contribution in [0, 0.1) is 5.92 Å². The standard InChI is InChI=1S/C18H28N2O3/c1-4-23-18(22)16(12-14(2)3)20-13-15(6-7-17(20)21)8-11-19-9-5-10-19/h6-7,13-14,16H,4-5,8-12H2,1-3H3/p+1. The molecule has 1 fully saturated rings. The summed E-state index contributed by atoms with van der Waals surface area (Å²) >= 11 is 0. The summed E-state index contributed by atoms with van der Waals surface area (Å²) in [6.45, 7) is 9.74. The molecule has 0 aromatic carbocycles. The first-order valence-electron chi connectivity index (χ1n) is 8.63. The van der Waals surface area contributed by atoms with Crippen LogP contribution >= 0.6 is 0 Å². The molecular formula is C18H29N2O3+. The maximum Gasteiger partial charge on any atom is 0.506 e. The van der Waals surface area contributed by atoms with Crippen molar-refractivity contribution in [1.82, 2.24) is 9.47 Å². The second kappa shape index (κ2) is 8.29. The number of aromatic nitrogens is 1. The van der Waals surface area contributed by atoms with Crippen molar-refractivity contribution < 1.29 is 9.53 Å². The summed E-state index contributed by atoms with van der Waals surface area (Å²) in [4.78, 5) is 24.9. The molecule has 23 heavy (non-hydrogen) atoms.